The Morgan fingerprint density at radius 3 is 2.22 bits per heavy atom. The highest BCUT2D eigenvalue weighted by molar-refractivity contribution is 7.10. The van der Waals surface area contributed by atoms with Gasteiger partial charge in [-0.3, -0.25) is 14.5 Å². The highest BCUT2D eigenvalue weighted by Gasteiger charge is 2.48. The molecule has 0 spiro atoms. The van der Waals surface area contributed by atoms with Crippen LogP contribution in [0, 0.1) is 6.92 Å². The zero-order valence-electron chi connectivity index (χ0n) is 21.4. The fraction of sp³-hybridized carbons (Fsp3) is 0.310. The summed E-state index contributed by atoms with van der Waals surface area (Å²) in [7, 11) is 3.04. The van der Waals surface area contributed by atoms with Crippen LogP contribution in [0.1, 0.15) is 48.2 Å². The van der Waals surface area contributed by atoms with E-state index in [2.05, 4.69) is 6.92 Å². The van der Waals surface area contributed by atoms with Crippen molar-refractivity contribution in [2.45, 2.75) is 39.2 Å². The van der Waals surface area contributed by atoms with Gasteiger partial charge in [0.15, 0.2) is 0 Å². The number of thiophene rings is 1. The van der Waals surface area contributed by atoms with Crippen LogP contribution in [0.5, 0.6) is 17.2 Å². The molecule has 0 aliphatic carbocycles. The largest absolute Gasteiger partial charge is 0.507 e. The number of ketones is 1. The minimum Gasteiger partial charge on any atom is -0.507 e. The van der Waals surface area contributed by atoms with Crippen molar-refractivity contribution in [3.63, 3.8) is 0 Å². The number of unbranched alkanes of at least 4 members (excludes halogenated alkanes) is 2. The van der Waals surface area contributed by atoms with Crippen LogP contribution >= 0.6 is 11.3 Å². The van der Waals surface area contributed by atoms with Gasteiger partial charge in [0.25, 0.3) is 11.7 Å². The van der Waals surface area contributed by atoms with Gasteiger partial charge in [0.1, 0.15) is 29.0 Å². The summed E-state index contributed by atoms with van der Waals surface area (Å²) in [6.45, 7) is 4.67. The van der Waals surface area contributed by atoms with E-state index in [1.165, 1.54) is 30.5 Å². The molecule has 1 aromatic heterocycles. The van der Waals surface area contributed by atoms with Crippen molar-refractivity contribution < 1.29 is 28.9 Å². The standard InChI is InChI=1S/C29H31NO6S/c1-5-6-7-13-36-21-10-8-19(9-11-21)26(31)24-25(28-18(2)12-14-37-28)30(29(33)27(24)32)20-15-22(34-3)17-23(16-20)35-4/h8-12,14-17,25,31H,5-7,13H2,1-4H3/b26-24-. The molecule has 37 heavy (non-hydrogen) atoms. The van der Waals surface area contributed by atoms with Crippen LogP contribution in [-0.2, 0) is 9.59 Å². The first-order chi connectivity index (χ1) is 17.9. The molecule has 194 valence electrons. The number of hydrogen-bond acceptors (Lipinski definition) is 7. The Morgan fingerprint density at radius 1 is 0.973 bits per heavy atom. The Hall–Kier alpha value is -3.78. The fourth-order valence-corrected chi connectivity index (χ4v) is 5.37. The smallest absolute Gasteiger partial charge is 0.300 e. The first-order valence-electron chi connectivity index (χ1n) is 12.2. The monoisotopic (exact) mass is 521 g/mol. The fourth-order valence-electron chi connectivity index (χ4n) is 4.35. The molecule has 1 atom stereocenters. The summed E-state index contributed by atoms with van der Waals surface area (Å²) >= 11 is 1.43. The summed E-state index contributed by atoms with van der Waals surface area (Å²) in [5, 5.41) is 13.3. The Morgan fingerprint density at radius 2 is 1.65 bits per heavy atom. The summed E-state index contributed by atoms with van der Waals surface area (Å²) in [6, 6.07) is 13.1. The molecule has 3 aromatic rings. The van der Waals surface area contributed by atoms with E-state index in [1.807, 2.05) is 18.4 Å². The predicted octanol–water partition coefficient (Wildman–Crippen LogP) is 6.27. The number of carbonyl (C=O) groups is 2. The second-order valence-corrected chi connectivity index (χ2v) is 9.74. The molecule has 0 radical (unpaired) electrons. The van der Waals surface area contributed by atoms with E-state index >= 15 is 0 Å². The summed E-state index contributed by atoms with van der Waals surface area (Å²) in [5.74, 6) is -0.0735. The number of rotatable bonds is 10. The van der Waals surface area contributed by atoms with Crippen LogP contribution in [0.4, 0.5) is 5.69 Å². The van der Waals surface area contributed by atoms with E-state index < -0.39 is 17.7 Å². The first-order valence-corrected chi connectivity index (χ1v) is 13.1. The van der Waals surface area contributed by atoms with Gasteiger partial charge >= 0.3 is 0 Å². The Kier molecular flexibility index (Phi) is 8.18. The Bertz CT molecular complexity index is 1290. The molecule has 1 aliphatic heterocycles. The molecule has 1 amide bonds. The van der Waals surface area contributed by atoms with E-state index in [4.69, 9.17) is 14.2 Å². The molecule has 0 bridgehead atoms. The number of anilines is 1. The molecule has 8 heteroatoms. The van der Waals surface area contributed by atoms with Crippen molar-refractivity contribution in [3.8, 4) is 17.2 Å². The number of aryl methyl sites for hydroxylation is 1. The van der Waals surface area contributed by atoms with Gasteiger partial charge in [-0.25, -0.2) is 0 Å². The SMILES string of the molecule is CCCCCOc1ccc(/C(O)=C2/C(=O)C(=O)N(c3cc(OC)cc(OC)c3)C2c2sccc2C)cc1. The highest BCUT2D eigenvalue weighted by atomic mass is 32.1. The number of aliphatic hydroxyl groups excluding tert-OH is 1. The molecular weight excluding hydrogens is 490 g/mol. The zero-order valence-corrected chi connectivity index (χ0v) is 22.3. The molecule has 4 rings (SSSR count). The van der Waals surface area contributed by atoms with Gasteiger partial charge < -0.3 is 19.3 Å². The molecule has 2 aromatic carbocycles. The number of Topliss-reactive ketones (excluding diaryl/α,β-unsaturated/α-hetero) is 1. The van der Waals surface area contributed by atoms with Crippen molar-refractivity contribution in [3.05, 3.63) is 75.5 Å². The van der Waals surface area contributed by atoms with Gasteiger partial charge in [-0.1, -0.05) is 19.8 Å². The molecule has 1 N–H and O–H groups in total. The maximum Gasteiger partial charge on any atom is 0.300 e. The minimum absolute atomic E-state index is 0.0361. The van der Waals surface area contributed by atoms with Crippen molar-refractivity contribution in [2.24, 2.45) is 0 Å². The maximum atomic E-state index is 13.4. The molecule has 0 saturated carbocycles. The number of hydrogen-bond donors (Lipinski definition) is 1. The van der Waals surface area contributed by atoms with Gasteiger partial charge in [0.2, 0.25) is 0 Å². The van der Waals surface area contributed by atoms with E-state index in [1.54, 1.807) is 42.5 Å². The number of ether oxygens (including phenoxy) is 3. The Balaban J connectivity index is 1.78. The molecule has 1 aliphatic rings. The van der Waals surface area contributed by atoms with E-state index in [-0.39, 0.29) is 11.3 Å². The van der Waals surface area contributed by atoms with Crippen molar-refractivity contribution in [1.82, 2.24) is 0 Å². The second kappa shape index (κ2) is 11.5. The molecule has 7 nitrogen and oxygen atoms in total. The predicted molar refractivity (Wildman–Crippen MR) is 145 cm³/mol. The summed E-state index contributed by atoms with van der Waals surface area (Å²) in [5.41, 5.74) is 1.82. The number of carbonyl (C=O) groups excluding carboxylic acids is 2. The van der Waals surface area contributed by atoms with Crippen LogP contribution < -0.4 is 19.1 Å². The maximum absolute atomic E-state index is 13.4. The van der Waals surface area contributed by atoms with Gasteiger partial charge in [-0.2, -0.15) is 0 Å². The molecule has 1 saturated heterocycles. The van der Waals surface area contributed by atoms with Crippen molar-refractivity contribution in [2.75, 3.05) is 25.7 Å². The lowest BCUT2D eigenvalue weighted by Gasteiger charge is -2.25. The minimum atomic E-state index is -0.804. The van der Waals surface area contributed by atoms with Gasteiger partial charge in [0, 0.05) is 28.6 Å². The number of methoxy groups -OCH3 is 2. The third kappa shape index (κ3) is 5.34. The lowest BCUT2D eigenvalue weighted by molar-refractivity contribution is -0.132. The van der Waals surface area contributed by atoms with Crippen LogP contribution in [0.25, 0.3) is 5.76 Å². The number of amides is 1. The lowest BCUT2D eigenvalue weighted by atomic mass is 9.98. The molecule has 1 unspecified atom stereocenters. The molecular formula is C29H31NO6S. The third-order valence-corrected chi connectivity index (χ3v) is 7.42. The Labute approximate surface area is 220 Å². The zero-order chi connectivity index (χ0) is 26.5. The lowest BCUT2D eigenvalue weighted by Crippen LogP contribution is -2.29. The van der Waals surface area contributed by atoms with Crippen LogP contribution in [0.2, 0.25) is 0 Å². The van der Waals surface area contributed by atoms with E-state index in [9.17, 15) is 14.7 Å². The number of aliphatic hydroxyl groups is 1. The normalized spacial score (nSPS) is 16.8. The first kappa shape index (κ1) is 26.3. The average Bonchev–Trinajstić information content (AvgIpc) is 3.45. The molecule has 1 fully saturated rings. The van der Waals surface area contributed by atoms with Gasteiger partial charge in [-0.05, 0) is 54.6 Å². The quantitative estimate of drug-likeness (QED) is 0.147. The summed E-state index contributed by atoms with van der Waals surface area (Å²) in [4.78, 5) is 29.0. The van der Waals surface area contributed by atoms with Gasteiger partial charge in [-0.15, -0.1) is 11.3 Å². The van der Waals surface area contributed by atoms with E-state index in [0.29, 0.717) is 35.1 Å². The second-order valence-electron chi connectivity index (χ2n) is 8.79. The summed E-state index contributed by atoms with van der Waals surface area (Å²) < 4.78 is 16.6. The van der Waals surface area contributed by atoms with Gasteiger partial charge in [0.05, 0.1) is 32.1 Å². The topological polar surface area (TPSA) is 85.3 Å². The molecule has 2 heterocycles. The van der Waals surface area contributed by atoms with Crippen LogP contribution in [-0.4, -0.2) is 37.6 Å². The average molecular weight is 522 g/mol. The van der Waals surface area contributed by atoms with Crippen molar-refractivity contribution >= 4 is 34.5 Å². The number of benzene rings is 2. The summed E-state index contributed by atoms with van der Waals surface area (Å²) in [6.07, 6.45) is 3.18. The van der Waals surface area contributed by atoms with Crippen molar-refractivity contribution in [1.29, 1.82) is 0 Å². The van der Waals surface area contributed by atoms with Crippen LogP contribution in [0.3, 0.4) is 0 Å². The highest BCUT2D eigenvalue weighted by Crippen LogP contribution is 2.46. The third-order valence-electron chi connectivity index (χ3n) is 6.35. The van der Waals surface area contributed by atoms with Crippen LogP contribution in [0.15, 0.2) is 59.5 Å². The number of nitrogens with zero attached hydrogens (tertiary/aromatic N) is 1. The van der Waals surface area contributed by atoms with E-state index in [0.717, 1.165) is 29.7 Å².